The number of pyridine rings is 1. The van der Waals surface area contributed by atoms with Gasteiger partial charge in [-0.05, 0) is 19.2 Å². The van der Waals surface area contributed by atoms with Crippen LogP contribution < -0.4 is 5.73 Å². The molecule has 2 N–H and O–H groups in total. The first-order valence-corrected chi connectivity index (χ1v) is 6.53. The second-order valence-corrected chi connectivity index (χ2v) is 4.58. The molecule has 2 aromatic rings. The van der Waals surface area contributed by atoms with Crippen LogP contribution in [-0.2, 0) is 6.54 Å². The van der Waals surface area contributed by atoms with Gasteiger partial charge in [-0.25, -0.2) is 9.97 Å². The van der Waals surface area contributed by atoms with Gasteiger partial charge in [0.1, 0.15) is 5.52 Å². The number of nitrogen functional groups attached to an aromatic ring is 1. The van der Waals surface area contributed by atoms with Crippen LogP contribution in [0.1, 0.15) is 13.8 Å². The first kappa shape index (κ1) is 13.1. The molecule has 0 saturated heterocycles. The highest BCUT2D eigenvalue weighted by atomic mass is 35.5. The SMILES string of the molecule is CCN(CC)CCn1c(N)nc2cc(Cl)cnc21. The van der Waals surface area contributed by atoms with Crippen LogP contribution in [0.5, 0.6) is 0 Å². The van der Waals surface area contributed by atoms with Gasteiger partial charge in [0, 0.05) is 19.3 Å². The monoisotopic (exact) mass is 267 g/mol. The molecule has 98 valence electrons. The van der Waals surface area contributed by atoms with Gasteiger partial charge < -0.3 is 10.6 Å². The lowest BCUT2D eigenvalue weighted by atomic mass is 10.4. The fourth-order valence-corrected chi connectivity index (χ4v) is 2.16. The Labute approximate surface area is 112 Å². The first-order valence-electron chi connectivity index (χ1n) is 6.15. The minimum atomic E-state index is 0.493. The zero-order valence-corrected chi connectivity index (χ0v) is 11.5. The van der Waals surface area contributed by atoms with Crippen molar-refractivity contribution in [1.82, 2.24) is 19.4 Å². The van der Waals surface area contributed by atoms with Gasteiger partial charge in [-0.15, -0.1) is 0 Å². The van der Waals surface area contributed by atoms with Crippen molar-refractivity contribution < 1.29 is 0 Å². The van der Waals surface area contributed by atoms with Crippen molar-refractivity contribution >= 4 is 28.7 Å². The Morgan fingerprint density at radius 3 is 2.78 bits per heavy atom. The van der Waals surface area contributed by atoms with Crippen LogP contribution in [0, 0.1) is 0 Å². The number of nitrogens with zero attached hydrogens (tertiary/aromatic N) is 4. The molecule has 0 spiro atoms. The predicted octanol–water partition coefficient (Wildman–Crippen LogP) is 2.01. The molecule has 0 atom stereocenters. The molecule has 0 aliphatic carbocycles. The third kappa shape index (κ3) is 2.57. The Hall–Kier alpha value is -1.33. The summed E-state index contributed by atoms with van der Waals surface area (Å²) in [6.07, 6.45) is 1.62. The molecule has 0 unspecified atom stereocenters. The standard InChI is InChI=1S/C12H18ClN5/c1-3-17(4-2)5-6-18-11-10(16-12(18)14)7-9(13)8-15-11/h7-8H,3-6H2,1-2H3,(H2,14,16). The van der Waals surface area contributed by atoms with E-state index in [1.165, 1.54) is 0 Å². The van der Waals surface area contributed by atoms with Gasteiger partial charge in [0.25, 0.3) is 0 Å². The third-order valence-corrected chi connectivity index (χ3v) is 3.32. The normalized spacial score (nSPS) is 11.6. The lowest BCUT2D eigenvalue weighted by molar-refractivity contribution is 0.292. The van der Waals surface area contributed by atoms with Crippen LogP contribution in [0.4, 0.5) is 5.95 Å². The van der Waals surface area contributed by atoms with Crippen molar-refractivity contribution in [2.24, 2.45) is 0 Å². The highest BCUT2D eigenvalue weighted by Crippen LogP contribution is 2.19. The van der Waals surface area contributed by atoms with E-state index >= 15 is 0 Å². The summed E-state index contributed by atoms with van der Waals surface area (Å²) in [4.78, 5) is 10.9. The average Bonchev–Trinajstić information content (AvgIpc) is 2.66. The van der Waals surface area contributed by atoms with Crippen molar-refractivity contribution in [3.63, 3.8) is 0 Å². The second kappa shape index (κ2) is 5.54. The van der Waals surface area contributed by atoms with Crippen LogP contribution in [0.15, 0.2) is 12.3 Å². The molecule has 0 saturated carbocycles. The topological polar surface area (TPSA) is 60.0 Å². The Balaban J connectivity index is 2.24. The Morgan fingerprint density at radius 2 is 2.11 bits per heavy atom. The van der Waals surface area contributed by atoms with Crippen molar-refractivity contribution in [1.29, 1.82) is 0 Å². The molecule has 0 aromatic carbocycles. The number of fused-ring (bicyclic) bond motifs is 1. The molecule has 0 radical (unpaired) electrons. The minimum Gasteiger partial charge on any atom is -0.369 e. The molecule has 0 bridgehead atoms. The smallest absolute Gasteiger partial charge is 0.202 e. The summed E-state index contributed by atoms with van der Waals surface area (Å²) in [5, 5.41) is 0.580. The molecule has 0 amide bonds. The maximum atomic E-state index is 5.92. The quantitative estimate of drug-likeness (QED) is 0.900. The maximum Gasteiger partial charge on any atom is 0.202 e. The molecule has 2 aromatic heterocycles. The Kier molecular flexibility index (Phi) is 4.04. The molecule has 0 aliphatic rings. The number of nitrogens with two attached hydrogens (primary N) is 1. The number of hydrogen-bond donors (Lipinski definition) is 1. The van der Waals surface area contributed by atoms with E-state index in [0.717, 1.165) is 37.3 Å². The summed E-state index contributed by atoms with van der Waals surface area (Å²) in [5.74, 6) is 0.493. The Bertz CT molecular complexity index is 532. The summed E-state index contributed by atoms with van der Waals surface area (Å²) in [5.41, 5.74) is 7.47. The van der Waals surface area contributed by atoms with E-state index in [0.29, 0.717) is 11.0 Å². The zero-order valence-electron chi connectivity index (χ0n) is 10.7. The summed E-state index contributed by atoms with van der Waals surface area (Å²) >= 11 is 5.89. The van der Waals surface area contributed by atoms with Crippen molar-refractivity contribution in [2.75, 3.05) is 25.4 Å². The Morgan fingerprint density at radius 1 is 1.39 bits per heavy atom. The van der Waals surface area contributed by atoms with Crippen molar-refractivity contribution in [2.45, 2.75) is 20.4 Å². The zero-order chi connectivity index (χ0) is 13.1. The molecule has 5 nitrogen and oxygen atoms in total. The fourth-order valence-electron chi connectivity index (χ4n) is 2.01. The molecular formula is C12H18ClN5. The highest BCUT2D eigenvalue weighted by molar-refractivity contribution is 6.31. The van der Waals surface area contributed by atoms with Crippen molar-refractivity contribution in [3.05, 3.63) is 17.3 Å². The van der Waals surface area contributed by atoms with E-state index in [1.807, 2.05) is 4.57 Å². The number of halogens is 1. The molecule has 0 fully saturated rings. The number of anilines is 1. The molecule has 18 heavy (non-hydrogen) atoms. The van der Waals surface area contributed by atoms with Crippen LogP contribution in [0.25, 0.3) is 11.2 Å². The maximum absolute atomic E-state index is 5.92. The van der Waals surface area contributed by atoms with Gasteiger partial charge in [0.05, 0.1) is 5.02 Å². The van der Waals surface area contributed by atoms with Crippen LogP contribution in [0.2, 0.25) is 5.02 Å². The van der Waals surface area contributed by atoms with Gasteiger partial charge in [0.2, 0.25) is 5.95 Å². The predicted molar refractivity (Wildman–Crippen MR) is 74.7 cm³/mol. The lowest BCUT2D eigenvalue weighted by Gasteiger charge is -2.18. The van der Waals surface area contributed by atoms with Gasteiger partial charge >= 0.3 is 0 Å². The number of likely N-dealkylation sites (N-methyl/N-ethyl adjacent to an activating group) is 1. The lowest BCUT2D eigenvalue weighted by Crippen LogP contribution is -2.27. The molecule has 2 heterocycles. The van der Waals surface area contributed by atoms with Crippen molar-refractivity contribution in [3.8, 4) is 0 Å². The summed E-state index contributed by atoms with van der Waals surface area (Å²) in [6, 6.07) is 1.79. The van der Waals surface area contributed by atoms with Gasteiger partial charge in [0.15, 0.2) is 5.65 Å². The van der Waals surface area contributed by atoms with E-state index < -0.39 is 0 Å². The second-order valence-electron chi connectivity index (χ2n) is 4.14. The number of imidazole rings is 1. The first-order chi connectivity index (χ1) is 8.65. The van der Waals surface area contributed by atoms with E-state index in [2.05, 4.69) is 28.7 Å². The van der Waals surface area contributed by atoms with E-state index in [9.17, 15) is 0 Å². The van der Waals surface area contributed by atoms with Gasteiger partial charge in [-0.3, -0.25) is 4.57 Å². The van der Waals surface area contributed by atoms with Gasteiger partial charge in [-0.1, -0.05) is 25.4 Å². The summed E-state index contributed by atoms with van der Waals surface area (Å²) in [6.45, 7) is 8.09. The minimum absolute atomic E-state index is 0.493. The van der Waals surface area contributed by atoms with Crippen LogP contribution in [-0.4, -0.2) is 39.1 Å². The molecule has 0 aliphatic heterocycles. The van der Waals surface area contributed by atoms with E-state index in [4.69, 9.17) is 17.3 Å². The number of rotatable bonds is 5. The van der Waals surface area contributed by atoms with E-state index in [1.54, 1.807) is 12.3 Å². The third-order valence-electron chi connectivity index (χ3n) is 3.12. The molecule has 2 rings (SSSR count). The molecular weight excluding hydrogens is 250 g/mol. The average molecular weight is 268 g/mol. The largest absolute Gasteiger partial charge is 0.369 e. The van der Waals surface area contributed by atoms with Crippen LogP contribution in [0.3, 0.4) is 0 Å². The van der Waals surface area contributed by atoms with E-state index in [-0.39, 0.29) is 0 Å². The summed E-state index contributed by atoms with van der Waals surface area (Å²) < 4.78 is 1.93. The fraction of sp³-hybridized carbons (Fsp3) is 0.500. The highest BCUT2D eigenvalue weighted by Gasteiger charge is 2.10. The van der Waals surface area contributed by atoms with Crippen LogP contribution >= 0.6 is 11.6 Å². The number of aromatic nitrogens is 3. The summed E-state index contributed by atoms with van der Waals surface area (Å²) in [7, 11) is 0. The van der Waals surface area contributed by atoms with Gasteiger partial charge in [-0.2, -0.15) is 0 Å². The number of hydrogen-bond acceptors (Lipinski definition) is 4. The molecule has 6 heteroatoms.